The van der Waals surface area contributed by atoms with Crippen molar-refractivity contribution in [2.75, 3.05) is 0 Å². The van der Waals surface area contributed by atoms with Crippen molar-refractivity contribution in [2.24, 2.45) is 0 Å². The second kappa shape index (κ2) is 2.96. The molecule has 3 heteroatoms. The fourth-order valence-corrected chi connectivity index (χ4v) is 2.18. The maximum absolute atomic E-state index is 12.6. The zero-order valence-electron chi connectivity index (χ0n) is 6.48. The molecule has 0 unspecified atom stereocenters. The van der Waals surface area contributed by atoms with Crippen LogP contribution in [-0.4, -0.2) is 0 Å². The van der Waals surface area contributed by atoms with Crippen molar-refractivity contribution in [3.8, 4) is 0 Å². The molecule has 0 aliphatic heterocycles. The minimum Gasteiger partial charge on any atom is -0.251 e. The molecular weight excluding hydrogens is 268 g/mol. The number of benzene rings is 1. The van der Waals surface area contributed by atoms with Crippen LogP contribution in [0.5, 0.6) is 0 Å². The van der Waals surface area contributed by atoms with Gasteiger partial charge in [0, 0.05) is 22.9 Å². The predicted molar refractivity (Wildman–Crippen MR) is 54.5 cm³/mol. The molecule has 0 heterocycles. The van der Waals surface area contributed by atoms with E-state index in [0.29, 0.717) is 0 Å². The average molecular weight is 277 g/mol. The van der Waals surface area contributed by atoms with Crippen LogP contribution in [0.1, 0.15) is 18.4 Å². The third kappa shape index (κ3) is 1.35. The van der Waals surface area contributed by atoms with Crippen molar-refractivity contribution in [3.05, 3.63) is 35.6 Å². The topological polar surface area (TPSA) is 12.0 Å². The molecule has 1 N–H and O–H groups in total. The molecule has 0 bridgehead atoms. The van der Waals surface area contributed by atoms with Gasteiger partial charge in [-0.25, -0.2) is 4.39 Å². The summed E-state index contributed by atoms with van der Waals surface area (Å²) in [6.07, 6.45) is 2.31. The quantitative estimate of drug-likeness (QED) is 0.647. The SMILES string of the molecule is Fc1ccc(C2(NI)CC2)cc1. The van der Waals surface area contributed by atoms with Crippen LogP contribution >= 0.6 is 22.9 Å². The van der Waals surface area contributed by atoms with E-state index in [4.69, 9.17) is 0 Å². The number of hydrogen-bond acceptors (Lipinski definition) is 1. The monoisotopic (exact) mass is 277 g/mol. The Hall–Kier alpha value is -0.160. The van der Waals surface area contributed by atoms with Crippen LogP contribution in [-0.2, 0) is 5.54 Å². The minimum atomic E-state index is -0.164. The summed E-state index contributed by atoms with van der Waals surface area (Å²) in [6, 6.07) is 6.74. The smallest absolute Gasteiger partial charge is 0.123 e. The summed E-state index contributed by atoms with van der Waals surface area (Å²) >= 11 is 2.16. The number of halogens is 2. The van der Waals surface area contributed by atoms with Crippen LogP contribution in [0.3, 0.4) is 0 Å². The van der Waals surface area contributed by atoms with Gasteiger partial charge in [0.1, 0.15) is 5.82 Å². The summed E-state index contributed by atoms with van der Waals surface area (Å²) in [5.41, 5.74) is 1.34. The zero-order chi connectivity index (χ0) is 8.60. The standard InChI is InChI=1S/C9H9FIN/c10-8-3-1-7(2-4-8)9(12-11)5-6-9/h1-4,12H,5-6H2. The molecule has 2 rings (SSSR count). The van der Waals surface area contributed by atoms with Crippen LogP contribution < -0.4 is 3.53 Å². The normalized spacial score (nSPS) is 19.2. The van der Waals surface area contributed by atoms with E-state index in [1.807, 2.05) is 12.1 Å². The second-order valence-electron chi connectivity index (χ2n) is 3.18. The highest BCUT2D eigenvalue weighted by Crippen LogP contribution is 2.46. The Balaban J connectivity index is 2.29. The molecule has 0 aromatic heterocycles. The van der Waals surface area contributed by atoms with Gasteiger partial charge in [-0.2, -0.15) is 0 Å². The lowest BCUT2D eigenvalue weighted by Crippen LogP contribution is -2.18. The molecule has 64 valence electrons. The van der Waals surface area contributed by atoms with E-state index in [9.17, 15) is 4.39 Å². The van der Waals surface area contributed by atoms with E-state index in [2.05, 4.69) is 26.4 Å². The minimum absolute atomic E-state index is 0.147. The first-order valence-corrected chi connectivity index (χ1v) is 4.99. The molecule has 1 aliphatic rings. The third-order valence-electron chi connectivity index (χ3n) is 2.33. The molecular formula is C9H9FIN. The number of rotatable bonds is 2. The fraction of sp³-hybridized carbons (Fsp3) is 0.333. The van der Waals surface area contributed by atoms with Crippen LogP contribution in [0, 0.1) is 5.82 Å². The first-order chi connectivity index (χ1) is 5.77. The Bertz CT molecular complexity index is 279. The lowest BCUT2D eigenvalue weighted by molar-refractivity contribution is 0.623. The van der Waals surface area contributed by atoms with E-state index < -0.39 is 0 Å². The van der Waals surface area contributed by atoms with Crippen molar-refractivity contribution in [1.29, 1.82) is 0 Å². The Labute approximate surface area is 84.9 Å². The molecule has 1 aromatic rings. The highest BCUT2D eigenvalue weighted by Gasteiger charge is 2.43. The zero-order valence-corrected chi connectivity index (χ0v) is 8.64. The molecule has 0 saturated heterocycles. The molecule has 1 saturated carbocycles. The van der Waals surface area contributed by atoms with Crippen molar-refractivity contribution >= 4 is 22.9 Å². The highest BCUT2D eigenvalue weighted by molar-refractivity contribution is 14.1. The molecule has 0 spiro atoms. The van der Waals surface area contributed by atoms with Crippen LogP contribution in [0.25, 0.3) is 0 Å². The molecule has 1 aromatic carbocycles. The van der Waals surface area contributed by atoms with Gasteiger partial charge < -0.3 is 0 Å². The average Bonchev–Trinajstić information content (AvgIpc) is 2.86. The molecule has 1 fully saturated rings. The van der Waals surface area contributed by atoms with E-state index in [1.54, 1.807) is 0 Å². The van der Waals surface area contributed by atoms with Gasteiger partial charge in [-0.05, 0) is 30.5 Å². The largest absolute Gasteiger partial charge is 0.251 e. The molecule has 1 aliphatic carbocycles. The van der Waals surface area contributed by atoms with Gasteiger partial charge in [0.05, 0.1) is 5.54 Å². The fourth-order valence-electron chi connectivity index (χ4n) is 1.33. The van der Waals surface area contributed by atoms with E-state index >= 15 is 0 Å². The highest BCUT2D eigenvalue weighted by atomic mass is 127. The summed E-state index contributed by atoms with van der Waals surface area (Å²) in [7, 11) is 0. The van der Waals surface area contributed by atoms with Crippen molar-refractivity contribution < 1.29 is 4.39 Å². The Morgan fingerprint density at radius 1 is 1.25 bits per heavy atom. The van der Waals surface area contributed by atoms with Crippen LogP contribution in [0.15, 0.2) is 24.3 Å². The summed E-state index contributed by atoms with van der Waals surface area (Å²) < 4.78 is 15.8. The van der Waals surface area contributed by atoms with E-state index in [0.717, 1.165) is 12.8 Å². The molecule has 0 radical (unpaired) electrons. The maximum atomic E-state index is 12.6. The lowest BCUT2D eigenvalue weighted by atomic mass is 10.1. The summed E-state index contributed by atoms with van der Waals surface area (Å²) in [5.74, 6) is -0.164. The van der Waals surface area contributed by atoms with Gasteiger partial charge in [0.2, 0.25) is 0 Å². The third-order valence-corrected chi connectivity index (χ3v) is 3.36. The Morgan fingerprint density at radius 2 is 1.83 bits per heavy atom. The first-order valence-electron chi connectivity index (χ1n) is 3.91. The summed E-state index contributed by atoms with van der Waals surface area (Å²) in [4.78, 5) is 0. The van der Waals surface area contributed by atoms with Gasteiger partial charge in [-0.15, -0.1) is 0 Å². The van der Waals surface area contributed by atoms with E-state index in [1.165, 1.54) is 17.7 Å². The van der Waals surface area contributed by atoms with Gasteiger partial charge >= 0.3 is 0 Å². The van der Waals surface area contributed by atoms with Gasteiger partial charge in [-0.3, -0.25) is 3.53 Å². The van der Waals surface area contributed by atoms with Gasteiger partial charge in [0.15, 0.2) is 0 Å². The predicted octanol–water partition coefficient (Wildman–Crippen LogP) is 2.75. The lowest BCUT2D eigenvalue weighted by Gasteiger charge is -2.12. The first kappa shape index (κ1) is 8.44. The Morgan fingerprint density at radius 3 is 2.25 bits per heavy atom. The Kier molecular flexibility index (Phi) is 2.08. The van der Waals surface area contributed by atoms with E-state index in [-0.39, 0.29) is 11.4 Å². The molecule has 12 heavy (non-hydrogen) atoms. The number of nitrogens with one attached hydrogen (secondary N) is 1. The van der Waals surface area contributed by atoms with Crippen LogP contribution in [0.2, 0.25) is 0 Å². The maximum Gasteiger partial charge on any atom is 0.123 e. The second-order valence-corrected chi connectivity index (χ2v) is 3.72. The van der Waals surface area contributed by atoms with Crippen molar-refractivity contribution in [1.82, 2.24) is 3.53 Å². The molecule has 1 nitrogen and oxygen atoms in total. The van der Waals surface area contributed by atoms with Crippen molar-refractivity contribution in [3.63, 3.8) is 0 Å². The van der Waals surface area contributed by atoms with Crippen LogP contribution in [0.4, 0.5) is 4.39 Å². The molecule has 0 amide bonds. The number of hydrogen-bond donors (Lipinski definition) is 1. The van der Waals surface area contributed by atoms with Gasteiger partial charge in [-0.1, -0.05) is 12.1 Å². The summed E-state index contributed by atoms with van der Waals surface area (Å²) in [5, 5.41) is 0. The van der Waals surface area contributed by atoms with Gasteiger partial charge in [0.25, 0.3) is 0 Å². The summed E-state index contributed by atoms with van der Waals surface area (Å²) in [6.45, 7) is 0. The van der Waals surface area contributed by atoms with Crippen molar-refractivity contribution in [2.45, 2.75) is 18.4 Å². The molecule has 0 atom stereocenters.